The van der Waals surface area contributed by atoms with E-state index in [0.29, 0.717) is 24.3 Å². The highest BCUT2D eigenvalue weighted by Gasteiger charge is 2.11. The Balaban J connectivity index is 2.11. The summed E-state index contributed by atoms with van der Waals surface area (Å²) in [5, 5.41) is 10.8. The van der Waals surface area contributed by atoms with Crippen LogP contribution in [-0.4, -0.2) is 16.1 Å². The van der Waals surface area contributed by atoms with Gasteiger partial charge in [-0.25, -0.2) is 0 Å². The van der Waals surface area contributed by atoms with E-state index in [1.807, 2.05) is 31.2 Å². The maximum atomic E-state index is 12.2. The number of amides is 1. The highest BCUT2D eigenvalue weighted by atomic mass is 16.1. The Hall–Kier alpha value is -2.27. The van der Waals surface area contributed by atoms with E-state index in [2.05, 4.69) is 15.5 Å². The van der Waals surface area contributed by atoms with Gasteiger partial charge in [-0.15, -0.1) is 0 Å². The fourth-order valence-electron chi connectivity index (χ4n) is 1.98. The van der Waals surface area contributed by atoms with Gasteiger partial charge < -0.3 is 11.1 Å². The average molecular weight is 270 g/mol. The largest absolute Gasteiger partial charge is 0.348 e. The van der Waals surface area contributed by atoms with Gasteiger partial charge in [0, 0.05) is 13.1 Å². The van der Waals surface area contributed by atoms with Crippen LogP contribution in [-0.2, 0) is 13.1 Å². The fraction of sp³-hybridized carbons (Fsp3) is 0.267. The van der Waals surface area contributed by atoms with Crippen molar-refractivity contribution in [1.82, 2.24) is 15.5 Å². The van der Waals surface area contributed by atoms with Crippen LogP contribution in [0.25, 0.3) is 0 Å². The number of aromatic nitrogens is 2. The summed E-state index contributed by atoms with van der Waals surface area (Å²) in [6.07, 6.45) is 0. The molecule has 1 aromatic heterocycles. The number of hydrogen-bond acceptors (Lipinski definition) is 4. The molecule has 1 amide bonds. The van der Waals surface area contributed by atoms with Gasteiger partial charge in [-0.3, -0.25) is 4.79 Å². The molecule has 2 aromatic rings. The highest BCUT2D eigenvalue weighted by molar-refractivity contribution is 5.95. The Bertz CT molecular complexity index is 625. The minimum absolute atomic E-state index is 0.146. The molecule has 5 heteroatoms. The lowest BCUT2D eigenvalue weighted by Crippen LogP contribution is -2.25. The van der Waals surface area contributed by atoms with Crippen molar-refractivity contribution in [1.29, 1.82) is 0 Å². The molecular formula is C15H18N4O. The zero-order chi connectivity index (χ0) is 14.5. The summed E-state index contributed by atoms with van der Waals surface area (Å²) in [5.41, 5.74) is 9.65. The molecule has 0 spiro atoms. The molecule has 0 bridgehead atoms. The first-order valence-electron chi connectivity index (χ1n) is 6.47. The predicted molar refractivity (Wildman–Crippen MR) is 77.0 cm³/mol. The van der Waals surface area contributed by atoms with Crippen LogP contribution in [0, 0.1) is 13.8 Å². The molecule has 0 unspecified atom stereocenters. The summed E-state index contributed by atoms with van der Waals surface area (Å²) in [7, 11) is 0. The van der Waals surface area contributed by atoms with Crippen molar-refractivity contribution < 1.29 is 4.79 Å². The smallest absolute Gasteiger partial charge is 0.253 e. The molecule has 5 nitrogen and oxygen atoms in total. The Morgan fingerprint density at radius 1 is 1.20 bits per heavy atom. The summed E-state index contributed by atoms with van der Waals surface area (Å²) in [5.74, 6) is -0.146. The van der Waals surface area contributed by atoms with Crippen molar-refractivity contribution in [3.63, 3.8) is 0 Å². The summed E-state index contributed by atoms with van der Waals surface area (Å²) in [6.45, 7) is 4.50. The number of benzene rings is 1. The third-order valence-corrected chi connectivity index (χ3v) is 3.12. The van der Waals surface area contributed by atoms with E-state index in [9.17, 15) is 4.79 Å². The van der Waals surface area contributed by atoms with E-state index >= 15 is 0 Å². The minimum atomic E-state index is -0.146. The normalized spacial score (nSPS) is 10.3. The van der Waals surface area contributed by atoms with Crippen LogP contribution in [0.5, 0.6) is 0 Å². The van der Waals surface area contributed by atoms with Crippen LogP contribution in [0.3, 0.4) is 0 Å². The van der Waals surface area contributed by atoms with Gasteiger partial charge >= 0.3 is 0 Å². The van der Waals surface area contributed by atoms with Crippen LogP contribution in [0.2, 0.25) is 0 Å². The number of rotatable bonds is 4. The summed E-state index contributed by atoms with van der Waals surface area (Å²) in [4.78, 5) is 12.2. The Kier molecular flexibility index (Phi) is 4.42. The van der Waals surface area contributed by atoms with E-state index in [1.165, 1.54) is 0 Å². The molecule has 3 N–H and O–H groups in total. The van der Waals surface area contributed by atoms with Crippen LogP contribution in [0.1, 0.15) is 32.9 Å². The van der Waals surface area contributed by atoms with E-state index in [1.54, 1.807) is 13.0 Å². The third-order valence-electron chi connectivity index (χ3n) is 3.12. The van der Waals surface area contributed by atoms with Crippen LogP contribution >= 0.6 is 0 Å². The first-order chi connectivity index (χ1) is 9.61. The molecular weight excluding hydrogens is 252 g/mol. The number of hydrogen-bond donors (Lipinski definition) is 2. The van der Waals surface area contributed by atoms with Gasteiger partial charge in [0.25, 0.3) is 5.91 Å². The van der Waals surface area contributed by atoms with Gasteiger partial charge in [-0.05, 0) is 31.0 Å². The molecule has 104 valence electrons. The van der Waals surface area contributed by atoms with Crippen LogP contribution in [0.4, 0.5) is 0 Å². The van der Waals surface area contributed by atoms with E-state index in [4.69, 9.17) is 5.73 Å². The second-order valence-electron chi connectivity index (χ2n) is 4.64. The highest BCUT2D eigenvalue weighted by Crippen LogP contribution is 2.09. The molecule has 1 aromatic carbocycles. The Morgan fingerprint density at radius 2 is 1.90 bits per heavy atom. The summed E-state index contributed by atoms with van der Waals surface area (Å²) < 4.78 is 0. The van der Waals surface area contributed by atoms with Gasteiger partial charge in [0.15, 0.2) is 0 Å². The first-order valence-corrected chi connectivity index (χ1v) is 6.47. The summed E-state index contributed by atoms with van der Waals surface area (Å²) >= 11 is 0. The van der Waals surface area contributed by atoms with E-state index in [0.717, 1.165) is 16.8 Å². The Labute approximate surface area is 118 Å². The van der Waals surface area contributed by atoms with Crippen molar-refractivity contribution in [3.8, 4) is 0 Å². The van der Waals surface area contributed by atoms with Crippen molar-refractivity contribution >= 4 is 5.91 Å². The van der Waals surface area contributed by atoms with Gasteiger partial charge in [0.2, 0.25) is 0 Å². The molecule has 0 aliphatic rings. The third kappa shape index (κ3) is 3.19. The predicted octanol–water partition coefficient (Wildman–Crippen LogP) is 1.48. The van der Waals surface area contributed by atoms with Crippen molar-refractivity contribution in [2.45, 2.75) is 26.9 Å². The van der Waals surface area contributed by atoms with Crippen LogP contribution in [0.15, 0.2) is 30.3 Å². The lowest BCUT2D eigenvalue weighted by Gasteiger charge is -2.10. The molecule has 20 heavy (non-hydrogen) atoms. The van der Waals surface area contributed by atoms with Crippen LogP contribution < -0.4 is 11.1 Å². The summed E-state index contributed by atoms with van der Waals surface area (Å²) in [6, 6.07) is 9.54. The van der Waals surface area contributed by atoms with Gasteiger partial charge in [-0.1, -0.05) is 24.3 Å². The average Bonchev–Trinajstić information content (AvgIpc) is 2.47. The molecule has 0 radical (unpaired) electrons. The SMILES string of the molecule is Cc1cc(C(=O)NCc2ccccc2CN)c(C)nn1. The molecule has 0 fully saturated rings. The Morgan fingerprint density at radius 3 is 2.60 bits per heavy atom. The number of nitrogens with zero attached hydrogens (tertiary/aromatic N) is 2. The maximum Gasteiger partial charge on any atom is 0.253 e. The second kappa shape index (κ2) is 6.25. The first kappa shape index (κ1) is 14.1. The monoisotopic (exact) mass is 270 g/mol. The van der Waals surface area contributed by atoms with Crippen molar-refractivity contribution in [2.24, 2.45) is 5.73 Å². The van der Waals surface area contributed by atoms with E-state index < -0.39 is 0 Å². The number of nitrogens with two attached hydrogens (primary N) is 1. The standard InChI is InChI=1S/C15H18N4O/c1-10-7-14(11(2)19-18-10)15(20)17-9-13-6-4-3-5-12(13)8-16/h3-7H,8-9,16H2,1-2H3,(H,17,20). The second-order valence-corrected chi connectivity index (χ2v) is 4.64. The molecule has 0 saturated carbocycles. The molecule has 0 atom stereocenters. The topological polar surface area (TPSA) is 80.9 Å². The number of carbonyl (C=O) groups is 1. The fourth-order valence-corrected chi connectivity index (χ4v) is 1.98. The molecule has 0 aliphatic heterocycles. The molecule has 1 heterocycles. The van der Waals surface area contributed by atoms with E-state index in [-0.39, 0.29) is 5.91 Å². The number of aryl methyl sites for hydroxylation is 2. The molecule has 2 rings (SSSR count). The quantitative estimate of drug-likeness (QED) is 0.881. The molecule has 0 aliphatic carbocycles. The lowest BCUT2D eigenvalue weighted by atomic mass is 10.1. The lowest BCUT2D eigenvalue weighted by molar-refractivity contribution is 0.0949. The van der Waals surface area contributed by atoms with Gasteiger partial charge in [-0.2, -0.15) is 10.2 Å². The van der Waals surface area contributed by atoms with Gasteiger partial charge in [0.1, 0.15) is 0 Å². The maximum absolute atomic E-state index is 12.2. The minimum Gasteiger partial charge on any atom is -0.348 e. The zero-order valence-electron chi connectivity index (χ0n) is 11.7. The van der Waals surface area contributed by atoms with Gasteiger partial charge in [0.05, 0.1) is 17.0 Å². The number of carbonyl (C=O) groups excluding carboxylic acids is 1. The van der Waals surface area contributed by atoms with Crippen molar-refractivity contribution in [3.05, 3.63) is 58.4 Å². The van der Waals surface area contributed by atoms with Crippen molar-refractivity contribution in [2.75, 3.05) is 0 Å². The molecule has 0 saturated heterocycles. The number of nitrogens with one attached hydrogen (secondary N) is 1. The zero-order valence-corrected chi connectivity index (χ0v) is 11.7.